The van der Waals surface area contributed by atoms with Gasteiger partial charge in [0.15, 0.2) is 0 Å². The fourth-order valence-electron chi connectivity index (χ4n) is 4.59. The highest BCUT2D eigenvalue weighted by molar-refractivity contribution is 5.86. The molecule has 4 nitrogen and oxygen atoms in total. The van der Waals surface area contributed by atoms with E-state index < -0.39 is 0 Å². The molecule has 1 aromatic heterocycles. The molecule has 1 aliphatic heterocycles. The summed E-state index contributed by atoms with van der Waals surface area (Å²) in [5, 5.41) is 2.50. The number of nitrogens with zero attached hydrogens (tertiary/aromatic N) is 3. The van der Waals surface area contributed by atoms with E-state index in [1.54, 1.807) is 0 Å². The minimum atomic E-state index is 0.561. The zero-order valence-electron chi connectivity index (χ0n) is 14.2. The van der Waals surface area contributed by atoms with Crippen LogP contribution < -0.4 is 10.6 Å². The van der Waals surface area contributed by atoms with Crippen molar-refractivity contribution in [1.82, 2.24) is 9.97 Å². The molecule has 3 aromatic rings. The van der Waals surface area contributed by atoms with E-state index in [2.05, 4.69) is 52.3 Å². The predicted molar refractivity (Wildman–Crippen MR) is 101 cm³/mol. The molecule has 4 heteroatoms. The average molecular weight is 330 g/mol. The fraction of sp³-hybridized carbons (Fsp3) is 0.333. The molecular weight excluding hydrogens is 308 g/mol. The van der Waals surface area contributed by atoms with Gasteiger partial charge in [0.25, 0.3) is 0 Å². The second-order valence-electron chi connectivity index (χ2n) is 7.34. The molecule has 5 rings (SSSR count). The summed E-state index contributed by atoms with van der Waals surface area (Å²) in [4.78, 5) is 11.8. The number of aromatic nitrogens is 2. The van der Waals surface area contributed by atoms with Crippen LogP contribution in [0.1, 0.15) is 12.8 Å². The van der Waals surface area contributed by atoms with Gasteiger partial charge < -0.3 is 10.6 Å². The standard InChI is InChI=1S/C21H22N4/c22-12-17-10-19-11-18(17)13-25(19)21-23-8-7-20(24-21)16-6-5-14-3-1-2-4-15(14)9-16/h1-9,17-19H,10-13,22H2/t17-,18-,19-/m1/s1. The third-order valence-corrected chi connectivity index (χ3v) is 5.94. The second kappa shape index (κ2) is 5.81. The van der Waals surface area contributed by atoms with Crippen LogP contribution in [0.2, 0.25) is 0 Å². The van der Waals surface area contributed by atoms with Gasteiger partial charge in [-0.25, -0.2) is 9.97 Å². The summed E-state index contributed by atoms with van der Waals surface area (Å²) >= 11 is 0. The molecule has 0 spiro atoms. The normalized spacial score (nSPS) is 25.0. The molecule has 25 heavy (non-hydrogen) atoms. The Bertz CT molecular complexity index is 922. The summed E-state index contributed by atoms with van der Waals surface area (Å²) < 4.78 is 0. The van der Waals surface area contributed by atoms with Crippen LogP contribution >= 0.6 is 0 Å². The highest BCUT2D eigenvalue weighted by Gasteiger charge is 2.44. The van der Waals surface area contributed by atoms with Crippen LogP contribution in [-0.2, 0) is 0 Å². The maximum atomic E-state index is 5.90. The molecule has 2 N–H and O–H groups in total. The number of piperidine rings is 1. The van der Waals surface area contributed by atoms with Gasteiger partial charge in [0.2, 0.25) is 5.95 Å². The third kappa shape index (κ3) is 2.48. The molecule has 1 saturated heterocycles. The molecule has 126 valence electrons. The maximum absolute atomic E-state index is 5.90. The Morgan fingerprint density at radius 1 is 1.04 bits per heavy atom. The molecule has 2 heterocycles. The number of benzene rings is 2. The Morgan fingerprint density at radius 2 is 1.92 bits per heavy atom. The Morgan fingerprint density at radius 3 is 2.72 bits per heavy atom. The van der Waals surface area contributed by atoms with Gasteiger partial charge in [0.05, 0.1) is 5.69 Å². The van der Waals surface area contributed by atoms with Crippen molar-refractivity contribution in [1.29, 1.82) is 0 Å². The largest absolute Gasteiger partial charge is 0.338 e. The molecule has 3 atom stereocenters. The SMILES string of the molecule is NC[C@H]1C[C@@H]2C[C@@H]1CN2c1nccc(-c2ccc3ccccc3c2)n1. The van der Waals surface area contributed by atoms with E-state index in [1.807, 2.05) is 12.3 Å². The van der Waals surface area contributed by atoms with Crippen molar-refractivity contribution in [2.75, 3.05) is 18.0 Å². The molecule has 2 fully saturated rings. The van der Waals surface area contributed by atoms with Gasteiger partial charge in [-0.3, -0.25) is 0 Å². The van der Waals surface area contributed by atoms with Gasteiger partial charge in [-0.2, -0.15) is 0 Å². The highest BCUT2D eigenvalue weighted by Crippen LogP contribution is 2.42. The van der Waals surface area contributed by atoms with Crippen LogP contribution in [0.4, 0.5) is 5.95 Å². The van der Waals surface area contributed by atoms with Crippen molar-refractivity contribution in [3.05, 3.63) is 54.7 Å². The summed E-state index contributed by atoms with van der Waals surface area (Å²) in [6.45, 7) is 1.86. The highest BCUT2D eigenvalue weighted by atomic mass is 15.3. The number of hydrogen-bond acceptors (Lipinski definition) is 4. The summed E-state index contributed by atoms with van der Waals surface area (Å²) in [5.41, 5.74) is 8.04. The Balaban J connectivity index is 1.47. The summed E-state index contributed by atoms with van der Waals surface area (Å²) in [5.74, 6) is 2.27. The fourth-order valence-corrected chi connectivity index (χ4v) is 4.59. The minimum absolute atomic E-state index is 0.561. The van der Waals surface area contributed by atoms with Crippen molar-refractivity contribution < 1.29 is 0 Å². The summed E-state index contributed by atoms with van der Waals surface area (Å²) in [7, 11) is 0. The van der Waals surface area contributed by atoms with Crippen LogP contribution in [0, 0.1) is 11.8 Å². The maximum Gasteiger partial charge on any atom is 0.226 e. The number of nitrogens with two attached hydrogens (primary N) is 1. The van der Waals surface area contributed by atoms with E-state index in [-0.39, 0.29) is 0 Å². The Hall–Kier alpha value is -2.46. The van der Waals surface area contributed by atoms with Gasteiger partial charge in [0, 0.05) is 24.3 Å². The van der Waals surface area contributed by atoms with Crippen molar-refractivity contribution in [2.45, 2.75) is 18.9 Å². The zero-order valence-corrected chi connectivity index (χ0v) is 14.2. The van der Waals surface area contributed by atoms with Crippen molar-refractivity contribution in [2.24, 2.45) is 17.6 Å². The van der Waals surface area contributed by atoms with Gasteiger partial charge in [-0.1, -0.05) is 36.4 Å². The van der Waals surface area contributed by atoms with E-state index in [9.17, 15) is 0 Å². The van der Waals surface area contributed by atoms with Crippen LogP contribution in [0.15, 0.2) is 54.7 Å². The molecule has 1 aliphatic carbocycles. The van der Waals surface area contributed by atoms with Gasteiger partial charge in [-0.05, 0) is 54.1 Å². The van der Waals surface area contributed by atoms with Crippen LogP contribution in [0.3, 0.4) is 0 Å². The third-order valence-electron chi connectivity index (χ3n) is 5.94. The quantitative estimate of drug-likeness (QED) is 0.799. The lowest BCUT2D eigenvalue weighted by Crippen LogP contribution is -2.38. The number of hydrogen-bond donors (Lipinski definition) is 1. The van der Waals surface area contributed by atoms with Gasteiger partial charge >= 0.3 is 0 Å². The van der Waals surface area contributed by atoms with Crippen molar-refractivity contribution in [3.63, 3.8) is 0 Å². The van der Waals surface area contributed by atoms with E-state index in [0.717, 1.165) is 30.3 Å². The predicted octanol–water partition coefficient (Wildman–Crippen LogP) is 3.47. The smallest absolute Gasteiger partial charge is 0.226 e. The molecule has 1 saturated carbocycles. The Kier molecular flexibility index (Phi) is 3.45. The van der Waals surface area contributed by atoms with E-state index in [4.69, 9.17) is 10.7 Å². The zero-order chi connectivity index (χ0) is 16.8. The average Bonchev–Trinajstić information content (AvgIpc) is 3.28. The molecule has 2 aromatic carbocycles. The topological polar surface area (TPSA) is 55.0 Å². The van der Waals surface area contributed by atoms with Crippen molar-refractivity contribution >= 4 is 16.7 Å². The first-order valence-electron chi connectivity index (χ1n) is 9.11. The van der Waals surface area contributed by atoms with E-state index >= 15 is 0 Å². The number of anilines is 1. The number of rotatable bonds is 3. The number of fused-ring (bicyclic) bond motifs is 3. The molecule has 0 amide bonds. The molecular formula is C21H22N4. The lowest BCUT2D eigenvalue weighted by Gasteiger charge is -2.31. The van der Waals surface area contributed by atoms with E-state index in [1.165, 1.54) is 23.6 Å². The molecule has 0 radical (unpaired) electrons. The van der Waals surface area contributed by atoms with Crippen LogP contribution in [0.25, 0.3) is 22.0 Å². The van der Waals surface area contributed by atoms with Gasteiger partial charge in [-0.15, -0.1) is 0 Å². The molecule has 2 aliphatic rings. The van der Waals surface area contributed by atoms with Crippen LogP contribution in [-0.4, -0.2) is 29.1 Å². The monoisotopic (exact) mass is 330 g/mol. The Labute approximate surface area is 147 Å². The molecule has 0 unspecified atom stereocenters. The summed E-state index contributed by atoms with van der Waals surface area (Å²) in [6.07, 6.45) is 4.31. The van der Waals surface area contributed by atoms with Crippen molar-refractivity contribution in [3.8, 4) is 11.3 Å². The first-order valence-corrected chi connectivity index (χ1v) is 9.11. The lowest BCUT2D eigenvalue weighted by molar-refractivity contribution is 0.381. The first kappa shape index (κ1) is 14.8. The van der Waals surface area contributed by atoms with E-state index in [0.29, 0.717) is 17.9 Å². The minimum Gasteiger partial charge on any atom is -0.338 e. The van der Waals surface area contributed by atoms with Gasteiger partial charge in [0.1, 0.15) is 0 Å². The lowest BCUT2D eigenvalue weighted by atomic mass is 9.95. The first-order chi connectivity index (χ1) is 12.3. The second-order valence-corrected chi connectivity index (χ2v) is 7.34. The molecule has 2 bridgehead atoms. The van der Waals surface area contributed by atoms with Crippen LogP contribution in [0.5, 0.6) is 0 Å². The summed E-state index contributed by atoms with van der Waals surface area (Å²) in [6, 6.07) is 17.5.